The van der Waals surface area contributed by atoms with Crippen LogP contribution in [0.4, 0.5) is 0 Å². The van der Waals surface area contributed by atoms with E-state index in [0.29, 0.717) is 18.1 Å². The number of hydrogen-bond acceptors (Lipinski definition) is 1. The zero-order chi connectivity index (χ0) is 11.4. The highest BCUT2D eigenvalue weighted by Crippen LogP contribution is 2.34. The van der Waals surface area contributed by atoms with Gasteiger partial charge in [-0.05, 0) is 44.4 Å². The fourth-order valence-electron chi connectivity index (χ4n) is 2.55. The van der Waals surface area contributed by atoms with Crippen LogP contribution >= 0.6 is 0 Å². The number of ketones is 1. The first kappa shape index (κ1) is 12.5. The van der Waals surface area contributed by atoms with Crippen LogP contribution in [0.2, 0.25) is 0 Å². The molecular formula is C14H24O. The fourth-order valence-corrected chi connectivity index (χ4v) is 2.55. The monoisotopic (exact) mass is 208 g/mol. The highest BCUT2D eigenvalue weighted by atomic mass is 16.1. The van der Waals surface area contributed by atoms with Crippen molar-refractivity contribution in [3.05, 3.63) is 12.2 Å². The maximum Gasteiger partial charge on any atom is 0.139 e. The average molecular weight is 208 g/mol. The van der Waals surface area contributed by atoms with Gasteiger partial charge in [-0.2, -0.15) is 0 Å². The minimum Gasteiger partial charge on any atom is -0.299 e. The van der Waals surface area contributed by atoms with Crippen LogP contribution in [0.3, 0.4) is 0 Å². The van der Waals surface area contributed by atoms with Gasteiger partial charge in [-0.15, -0.1) is 0 Å². The van der Waals surface area contributed by atoms with Gasteiger partial charge < -0.3 is 0 Å². The van der Waals surface area contributed by atoms with Gasteiger partial charge in [0.2, 0.25) is 0 Å². The summed E-state index contributed by atoms with van der Waals surface area (Å²) < 4.78 is 0. The van der Waals surface area contributed by atoms with Crippen molar-refractivity contribution in [2.24, 2.45) is 17.8 Å². The molecule has 1 nitrogen and oxygen atoms in total. The summed E-state index contributed by atoms with van der Waals surface area (Å²) in [5.41, 5.74) is 1.01. The number of allylic oxidation sites excluding steroid dienone is 1. The van der Waals surface area contributed by atoms with Crippen molar-refractivity contribution in [3.8, 4) is 0 Å². The molecule has 15 heavy (non-hydrogen) atoms. The van der Waals surface area contributed by atoms with Gasteiger partial charge in [0, 0.05) is 12.3 Å². The van der Waals surface area contributed by atoms with E-state index in [1.807, 2.05) is 6.92 Å². The van der Waals surface area contributed by atoms with Crippen molar-refractivity contribution >= 4 is 5.78 Å². The van der Waals surface area contributed by atoms with E-state index < -0.39 is 0 Å². The summed E-state index contributed by atoms with van der Waals surface area (Å²) in [7, 11) is 0. The quantitative estimate of drug-likeness (QED) is 0.639. The molecule has 1 heteroatoms. The molecule has 0 aliphatic heterocycles. The lowest BCUT2D eigenvalue weighted by Crippen LogP contribution is -2.24. The lowest BCUT2D eigenvalue weighted by atomic mass is 9.75. The Kier molecular flexibility index (Phi) is 4.56. The van der Waals surface area contributed by atoms with Crippen molar-refractivity contribution in [1.82, 2.24) is 0 Å². The minimum atomic E-state index is 0.330. The van der Waals surface area contributed by atoms with E-state index in [0.717, 1.165) is 30.3 Å². The summed E-state index contributed by atoms with van der Waals surface area (Å²) in [6.45, 7) is 10.3. The van der Waals surface area contributed by atoms with Crippen LogP contribution in [0.5, 0.6) is 0 Å². The van der Waals surface area contributed by atoms with E-state index in [1.54, 1.807) is 0 Å². The molecule has 0 aromatic carbocycles. The second-order valence-corrected chi connectivity index (χ2v) is 5.46. The maximum atomic E-state index is 11.8. The van der Waals surface area contributed by atoms with Gasteiger partial charge in [0.1, 0.15) is 5.78 Å². The van der Waals surface area contributed by atoms with Gasteiger partial charge in [0.15, 0.2) is 0 Å². The number of carbonyl (C=O) groups excluding carboxylic acids is 1. The summed E-state index contributed by atoms with van der Waals surface area (Å²) in [5.74, 6) is 2.38. The van der Waals surface area contributed by atoms with Crippen molar-refractivity contribution in [1.29, 1.82) is 0 Å². The highest BCUT2D eigenvalue weighted by Gasteiger charge is 2.27. The first-order chi connectivity index (χ1) is 7.00. The molecule has 1 rings (SSSR count). The van der Waals surface area contributed by atoms with Gasteiger partial charge >= 0.3 is 0 Å². The normalized spacial score (nSPS) is 26.7. The Morgan fingerprint density at radius 3 is 2.20 bits per heavy atom. The average Bonchev–Trinajstić information content (AvgIpc) is 2.17. The van der Waals surface area contributed by atoms with E-state index >= 15 is 0 Å². The van der Waals surface area contributed by atoms with Crippen LogP contribution in [0.15, 0.2) is 12.2 Å². The molecule has 0 atom stereocenters. The van der Waals surface area contributed by atoms with E-state index in [2.05, 4.69) is 20.4 Å². The summed E-state index contributed by atoms with van der Waals surface area (Å²) in [5, 5.41) is 0. The van der Waals surface area contributed by atoms with Gasteiger partial charge in [0.05, 0.1) is 0 Å². The SMILES string of the molecule is C=C(C)CC(=O)C1CCC(C(C)C)CC1. The van der Waals surface area contributed by atoms with Gasteiger partial charge in [-0.3, -0.25) is 4.79 Å². The predicted octanol–water partition coefficient (Wildman–Crippen LogP) is 3.98. The molecule has 0 bridgehead atoms. The van der Waals surface area contributed by atoms with Crippen LogP contribution in [0.1, 0.15) is 52.9 Å². The molecule has 0 aromatic heterocycles. The van der Waals surface area contributed by atoms with E-state index in [9.17, 15) is 4.79 Å². The molecule has 0 N–H and O–H groups in total. The van der Waals surface area contributed by atoms with Crippen LogP contribution in [0.25, 0.3) is 0 Å². The molecule has 0 aromatic rings. The molecule has 1 aliphatic carbocycles. The number of Topliss-reactive ketones (excluding diaryl/α,β-unsaturated/α-hetero) is 1. The van der Waals surface area contributed by atoms with Gasteiger partial charge in [-0.1, -0.05) is 26.0 Å². The highest BCUT2D eigenvalue weighted by molar-refractivity contribution is 5.83. The molecule has 1 fully saturated rings. The Balaban J connectivity index is 2.37. The molecular weight excluding hydrogens is 184 g/mol. The second kappa shape index (κ2) is 5.48. The molecule has 0 amide bonds. The number of carbonyl (C=O) groups is 1. The molecule has 0 unspecified atom stereocenters. The Morgan fingerprint density at radius 1 is 1.27 bits per heavy atom. The summed E-state index contributed by atoms with van der Waals surface area (Å²) in [6.07, 6.45) is 5.29. The first-order valence-electron chi connectivity index (χ1n) is 6.17. The van der Waals surface area contributed by atoms with Crippen LogP contribution < -0.4 is 0 Å². The molecule has 0 saturated heterocycles. The zero-order valence-corrected chi connectivity index (χ0v) is 10.4. The van der Waals surface area contributed by atoms with Gasteiger partial charge in [-0.25, -0.2) is 0 Å². The van der Waals surface area contributed by atoms with Crippen molar-refractivity contribution < 1.29 is 4.79 Å². The smallest absolute Gasteiger partial charge is 0.139 e. The zero-order valence-electron chi connectivity index (χ0n) is 10.4. The van der Waals surface area contributed by atoms with Crippen LogP contribution in [0, 0.1) is 17.8 Å². The standard InChI is InChI=1S/C14H24O/c1-10(2)9-14(15)13-7-5-12(6-8-13)11(3)4/h11-13H,1,5-9H2,2-4H3. The van der Waals surface area contributed by atoms with Gasteiger partial charge in [0.25, 0.3) is 0 Å². The van der Waals surface area contributed by atoms with Crippen molar-refractivity contribution in [3.63, 3.8) is 0 Å². The third-order valence-electron chi connectivity index (χ3n) is 3.65. The van der Waals surface area contributed by atoms with E-state index in [1.165, 1.54) is 12.8 Å². The molecule has 1 aliphatic rings. The Morgan fingerprint density at radius 2 is 1.80 bits per heavy atom. The lowest BCUT2D eigenvalue weighted by Gasteiger charge is -2.30. The van der Waals surface area contributed by atoms with Crippen molar-refractivity contribution in [2.75, 3.05) is 0 Å². The Hall–Kier alpha value is -0.590. The maximum absolute atomic E-state index is 11.8. The number of hydrogen-bond donors (Lipinski definition) is 0. The van der Waals surface area contributed by atoms with Crippen LogP contribution in [-0.2, 0) is 4.79 Å². The first-order valence-corrected chi connectivity index (χ1v) is 6.17. The lowest BCUT2D eigenvalue weighted by molar-refractivity contribution is -0.123. The molecule has 0 spiro atoms. The van der Waals surface area contributed by atoms with E-state index in [4.69, 9.17) is 0 Å². The molecule has 86 valence electrons. The van der Waals surface area contributed by atoms with Crippen LogP contribution in [-0.4, -0.2) is 5.78 Å². The summed E-state index contributed by atoms with van der Waals surface area (Å²) >= 11 is 0. The number of rotatable bonds is 4. The Labute approximate surface area is 93.9 Å². The van der Waals surface area contributed by atoms with E-state index in [-0.39, 0.29) is 0 Å². The summed E-state index contributed by atoms with van der Waals surface area (Å²) in [4.78, 5) is 11.8. The molecule has 1 saturated carbocycles. The Bertz CT molecular complexity index is 232. The molecule has 0 radical (unpaired) electrons. The van der Waals surface area contributed by atoms with Crippen molar-refractivity contribution in [2.45, 2.75) is 52.9 Å². The second-order valence-electron chi connectivity index (χ2n) is 5.46. The third-order valence-corrected chi connectivity index (χ3v) is 3.65. The molecule has 0 heterocycles. The minimum absolute atomic E-state index is 0.330. The summed E-state index contributed by atoms with van der Waals surface area (Å²) in [6, 6.07) is 0. The fraction of sp³-hybridized carbons (Fsp3) is 0.786. The third kappa shape index (κ3) is 3.81. The topological polar surface area (TPSA) is 17.1 Å². The predicted molar refractivity (Wildman–Crippen MR) is 64.7 cm³/mol. The largest absolute Gasteiger partial charge is 0.299 e.